The van der Waals surface area contributed by atoms with E-state index in [1.54, 1.807) is 0 Å². The van der Waals surface area contributed by atoms with Gasteiger partial charge in [0.25, 0.3) is 0 Å². The lowest BCUT2D eigenvalue weighted by atomic mass is 9.58. The maximum atomic E-state index is 12.5. The molecule has 1 aromatic rings. The number of piperidine rings is 1. The molecule has 0 radical (unpaired) electrons. The highest BCUT2D eigenvalue weighted by Gasteiger charge is 2.56. The monoisotopic (exact) mass is 346 g/mol. The highest BCUT2D eigenvalue weighted by atomic mass is 16.5. The topological polar surface area (TPSA) is 61.8 Å². The number of carbonyl (C=O) groups is 1. The minimum Gasteiger partial charge on any atom is -0.392 e. The zero-order valence-electron chi connectivity index (χ0n) is 15.3. The summed E-state index contributed by atoms with van der Waals surface area (Å²) in [5.41, 5.74) is 1.98. The highest BCUT2D eigenvalue weighted by molar-refractivity contribution is 5.89. The van der Waals surface area contributed by atoms with Crippen molar-refractivity contribution in [3.63, 3.8) is 0 Å². The van der Waals surface area contributed by atoms with Gasteiger partial charge in [-0.05, 0) is 43.9 Å². The average molecular weight is 346 g/mol. The van der Waals surface area contributed by atoms with E-state index in [0.717, 1.165) is 37.8 Å². The van der Waals surface area contributed by atoms with Crippen molar-refractivity contribution in [1.82, 2.24) is 4.90 Å². The van der Waals surface area contributed by atoms with E-state index in [-0.39, 0.29) is 23.7 Å². The number of hydrogen-bond donors (Lipinski definition) is 2. The second kappa shape index (κ2) is 7.75. The molecule has 0 bridgehead atoms. The van der Waals surface area contributed by atoms with Gasteiger partial charge in [-0.1, -0.05) is 25.5 Å². The second-order valence-corrected chi connectivity index (χ2v) is 7.29. The molecule has 1 heterocycles. The van der Waals surface area contributed by atoms with Crippen LogP contribution >= 0.6 is 0 Å². The first-order valence-electron chi connectivity index (χ1n) is 9.53. The van der Waals surface area contributed by atoms with Gasteiger partial charge in [0.15, 0.2) is 0 Å². The quantitative estimate of drug-likeness (QED) is 0.859. The SMILES string of the molecule is CCCc1ccc(NC(=O)N2CCC3(CC2)[C@@H](O)C[C@H]3OCC)cc1. The van der Waals surface area contributed by atoms with Gasteiger partial charge in [-0.2, -0.15) is 0 Å². The lowest BCUT2D eigenvalue weighted by molar-refractivity contribution is -0.207. The van der Waals surface area contributed by atoms with Crippen molar-refractivity contribution >= 4 is 11.7 Å². The maximum Gasteiger partial charge on any atom is 0.321 e. The summed E-state index contributed by atoms with van der Waals surface area (Å²) in [6, 6.07) is 8.02. The molecule has 1 aromatic carbocycles. The Hall–Kier alpha value is -1.59. The van der Waals surface area contributed by atoms with Crippen LogP contribution in [0.25, 0.3) is 0 Å². The number of aliphatic hydroxyl groups is 1. The van der Waals surface area contributed by atoms with Crippen molar-refractivity contribution in [3.05, 3.63) is 29.8 Å². The molecule has 5 heteroatoms. The Balaban J connectivity index is 1.53. The zero-order chi connectivity index (χ0) is 17.9. The molecular weight excluding hydrogens is 316 g/mol. The molecule has 2 fully saturated rings. The van der Waals surface area contributed by atoms with Gasteiger partial charge in [-0.25, -0.2) is 4.79 Å². The number of benzene rings is 1. The molecule has 2 atom stereocenters. The standard InChI is InChI=1S/C20H30N2O3/c1-3-5-15-6-8-16(9-7-15)21-19(24)22-12-10-20(11-13-22)17(23)14-18(20)25-4-2/h6-9,17-18,23H,3-5,10-14H2,1-2H3,(H,21,24)/t17-,18+/m0/s1. The maximum absolute atomic E-state index is 12.5. The van der Waals surface area contributed by atoms with Crippen LogP contribution in [0, 0.1) is 5.41 Å². The number of aryl methyl sites for hydroxylation is 1. The molecule has 25 heavy (non-hydrogen) atoms. The van der Waals surface area contributed by atoms with Crippen LogP contribution < -0.4 is 5.32 Å². The molecule has 1 spiro atoms. The fourth-order valence-electron chi connectivity index (χ4n) is 4.19. The van der Waals surface area contributed by atoms with E-state index in [1.807, 2.05) is 24.0 Å². The van der Waals surface area contributed by atoms with Crippen LogP contribution in [0.1, 0.15) is 45.1 Å². The van der Waals surface area contributed by atoms with Crippen molar-refractivity contribution in [1.29, 1.82) is 0 Å². The van der Waals surface area contributed by atoms with Gasteiger partial charge in [0.05, 0.1) is 12.2 Å². The van der Waals surface area contributed by atoms with E-state index in [1.165, 1.54) is 5.56 Å². The second-order valence-electron chi connectivity index (χ2n) is 7.29. The Kier molecular flexibility index (Phi) is 5.64. The number of nitrogens with zero attached hydrogens (tertiary/aromatic N) is 1. The summed E-state index contributed by atoms with van der Waals surface area (Å²) in [4.78, 5) is 14.4. The largest absolute Gasteiger partial charge is 0.392 e. The van der Waals surface area contributed by atoms with Crippen LogP contribution in [-0.2, 0) is 11.2 Å². The Labute approximate surface area is 150 Å². The van der Waals surface area contributed by atoms with Gasteiger partial charge < -0.3 is 20.1 Å². The van der Waals surface area contributed by atoms with Crippen LogP contribution in [-0.4, -0.2) is 47.9 Å². The summed E-state index contributed by atoms with van der Waals surface area (Å²) in [5.74, 6) is 0. The van der Waals surface area contributed by atoms with Gasteiger partial charge in [0.2, 0.25) is 0 Å². The van der Waals surface area contributed by atoms with Gasteiger partial charge in [-0.3, -0.25) is 0 Å². The van der Waals surface area contributed by atoms with E-state index in [9.17, 15) is 9.90 Å². The molecule has 1 aliphatic heterocycles. The van der Waals surface area contributed by atoms with Gasteiger partial charge >= 0.3 is 6.03 Å². The summed E-state index contributed by atoms with van der Waals surface area (Å²) in [7, 11) is 0. The Morgan fingerprint density at radius 2 is 1.96 bits per heavy atom. The molecule has 2 amide bonds. The van der Waals surface area contributed by atoms with E-state index < -0.39 is 0 Å². The molecule has 1 aliphatic carbocycles. The van der Waals surface area contributed by atoms with E-state index in [0.29, 0.717) is 19.7 Å². The Bertz CT molecular complexity index is 577. The molecule has 138 valence electrons. The first-order valence-corrected chi connectivity index (χ1v) is 9.53. The normalized spacial score (nSPS) is 24.8. The minimum absolute atomic E-state index is 0.0557. The summed E-state index contributed by atoms with van der Waals surface area (Å²) >= 11 is 0. The number of nitrogens with one attached hydrogen (secondary N) is 1. The number of likely N-dealkylation sites (tertiary alicyclic amines) is 1. The van der Waals surface area contributed by atoms with Crippen molar-refractivity contribution in [3.8, 4) is 0 Å². The van der Waals surface area contributed by atoms with Crippen molar-refractivity contribution in [2.45, 2.75) is 58.2 Å². The number of amides is 2. The number of anilines is 1. The van der Waals surface area contributed by atoms with Crippen LogP contribution in [0.15, 0.2) is 24.3 Å². The summed E-state index contributed by atoms with van der Waals surface area (Å²) in [5, 5.41) is 13.2. The minimum atomic E-state index is -0.291. The summed E-state index contributed by atoms with van der Waals surface area (Å²) in [6.07, 6.45) is 4.37. The number of urea groups is 1. The van der Waals surface area contributed by atoms with Crippen molar-refractivity contribution in [2.75, 3.05) is 25.0 Å². The first kappa shape index (κ1) is 18.2. The number of ether oxygens (including phenoxy) is 1. The molecule has 0 unspecified atom stereocenters. The third kappa shape index (κ3) is 3.67. The molecule has 1 saturated heterocycles. The van der Waals surface area contributed by atoms with Gasteiger partial charge in [0, 0.05) is 37.2 Å². The number of hydrogen-bond acceptors (Lipinski definition) is 3. The third-order valence-electron chi connectivity index (χ3n) is 5.84. The van der Waals surface area contributed by atoms with Crippen molar-refractivity contribution < 1.29 is 14.6 Å². The smallest absolute Gasteiger partial charge is 0.321 e. The fourth-order valence-corrected chi connectivity index (χ4v) is 4.19. The lowest BCUT2D eigenvalue weighted by Crippen LogP contribution is -2.63. The molecule has 3 rings (SSSR count). The van der Waals surface area contributed by atoms with Crippen LogP contribution in [0.3, 0.4) is 0 Å². The Morgan fingerprint density at radius 3 is 2.52 bits per heavy atom. The van der Waals surface area contributed by atoms with Crippen LogP contribution in [0.5, 0.6) is 0 Å². The van der Waals surface area contributed by atoms with E-state index in [2.05, 4.69) is 24.4 Å². The van der Waals surface area contributed by atoms with Crippen molar-refractivity contribution in [2.24, 2.45) is 5.41 Å². The van der Waals surface area contributed by atoms with E-state index >= 15 is 0 Å². The number of carbonyl (C=O) groups excluding carboxylic acids is 1. The third-order valence-corrected chi connectivity index (χ3v) is 5.84. The number of rotatable bonds is 5. The predicted octanol–water partition coefficient (Wildman–Crippen LogP) is 3.42. The molecular formula is C20H30N2O3. The molecule has 2 aliphatic rings. The zero-order valence-corrected chi connectivity index (χ0v) is 15.3. The number of aliphatic hydroxyl groups excluding tert-OH is 1. The van der Waals surface area contributed by atoms with Gasteiger partial charge in [-0.15, -0.1) is 0 Å². The summed E-state index contributed by atoms with van der Waals surface area (Å²) < 4.78 is 5.78. The molecule has 2 N–H and O–H groups in total. The van der Waals surface area contributed by atoms with Gasteiger partial charge in [0.1, 0.15) is 0 Å². The fraction of sp³-hybridized carbons (Fsp3) is 0.650. The molecule has 1 saturated carbocycles. The highest BCUT2D eigenvalue weighted by Crippen LogP contribution is 2.50. The first-order chi connectivity index (χ1) is 12.1. The molecule has 5 nitrogen and oxygen atoms in total. The predicted molar refractivity (Wildman–Crippen MR) is 98.7 cm³/mol. The average Bonchev–Trinajstić information content (AvgIpc) is 2.63. The molecule has 0 aromatic heterocycles. The van der Waals surface area contributed by atoms with E-state index in [4.69, 9.17) is 4.74 Å². The Morgan fingerprint density at radius 1 is 1.28 bits per heavy atom. The van der Waals surface area contributed by atoms with Crippen LogP contribution in [0.2, 0.25) is 0 Å². The summed E-state index contributed by atoms with van der Waals surface area (Å²) in [6.45, 7) is 6.17. The lowest BCUT2D eigenvalue weighted by Gasteiger charge is -2.56. The van der Waals surface area contributed by atoms with Crippen LogP contribution in [0.4, 0.5) is 10.5 Å².